The molecule has 0 spiro atoms. The van der Waals surface area contributed by atoms with E-state index in [0.717, 1.165) is 66.9 Å². The molecule has 0 atom stereocenters. The summed E-state index contributed by atoms with van der Waals surface area (Å²) in [5.41, 5.74) is 1.73. The maximum absolute atomic E-state index is 12.1. The predicted octanol–water partition coefficient (Wildman–Crippen LogP) is 5.86. The highest BCUT2D eigenvalue weighted by atomic mass is 32.1. The maximum atomic E-state index is 12.1. The van der Waals surface area contributed by atoms with E-state index in [9.17, 15) is 9.59 Å². The van der Waals surface area contributed by atoms with Crippen LogP contribution in [0.1, 0.15) is 77.5 Å². The summed E-state index contributed by atoms with van der Waals surface area (Å²) in [6, 6.07) is 7.95. The number of hydrogen-bond donors (Lipinski definition) is 1. The van der Waals surface area contributed by atoms with Crippen molar-refractivity contribution in [3.05, 3.63) is 45.1 Å². The first kappa shape index (κ1) is 23.3. The van der Waals surface area contributed by atoms with Crippen molar-refractivity contribution in [3.8, 4) is 11.5 Å². The number of fused-ring (bicyclic) bond motifs is 1. The van der Waals surface area contributed by atoms with Crippen LogP contribution < -0.4 is 9.47 Å². The number of carboxylic acid groups (broad SMARTS) is 1. The van der Waals surface area contributed by atoms with Gasteiger partial charge in [-0.3, -0.25) is 9.59 Å². The van der Waals surface area contributed by atoms with Crippen LogP contribution in [0.2, 0.25) is 0 Å². The normalized spacial score (nSPS) is 13.0. The first-order valence-electron chi connectivity index (χ1n) is 11.3. The average Bonchev–Trinajstić information content (AvgIpc) is 3.21. The van der Waals surface area contributed by atoms with Crippen LogP contribution in [0.25, 0.3) is 0 Å². The lowest BCUT2D eigenvalue weighted by molar-refractivity contribution is -0.136. The van der Waals surface area contributed by atoms with Gasteiger partial charge in [-0.25, -0.2) is 0 Å². The van der Waals surface area contributed by atoms with Crippen molar-refractivity contribution in [1.82, 2.24) is 0 Å². The van der Waals surface area contributed by atoms with E-state index in [1.54, 1.807) is 11.3 Å². The lowest BCUT2D eigenvalue weighted by Gasteiger charge is -2.22. The number of ether oxygens (including phenoxy) is 2. The van der Waals surface area contributed by atoms with Crippen molar-refractivity contribution in [2.45, 2.75) is 71.1 Å². The van der Waals surface area contributed by atoms with Gasteiger partial charge in [0.05, 0.1) is 25.2 Å². The van der Waals surface area contributed by atoms with Crippen LogP contribution in [0.3, 0.4) is 0 Å². The molecule has 2 aromatic rings. The van der Waals surface area contributed by atoms with E-state index in [2.05, 4.69) is 19.1 Å². The van der Waals surface area contributed by atoms with Crippen LogP contribution in [-0.2, 0) is 24.1 Å². The summed E-state index contributed by atoms with van der Waals surface area (Å²) < 4.78 is 11.9. The molecule has 1 aliphatic heterocycles. The van der Waals surface area contributed by atoms with Crippen molar-refractivity contribution in [1.29, 1.82) is 0 Å². The number of Topliss-reactive ketones (excluding diaryl/α,β-unsaturated/α-hetero) is 1. The molecule has 0 radical (unpaired) electrons. The van der Waals surface area contributed by atoms with Gasteiger partial charge in [-0.1, -0.05) is 26.2 Å². The van der Waals surface area contributed by atoms with Crippen molar-refractivity contribution in [2.24, 2.45) is 0 Å². The number of carbonyl (C=O) groups excluding carboxylic acids is 1. The van der Waals surface area contributed by atoms with Crippen molar-refractivity contribution >= 4 is 23.1 Å². The van der Waals surface area contributed by atoms with Crippen LogP contribution in [0.4, 0.5) is 0 Å². The van der Waals surface area contributed by atoms with Gasteiger partial charge in [-0.2, -0.15) is 0 Å². The Balaban J connectivity index is 1.38. The number of aliphatic carboxylic acids is 1. The molecule has 2 heterocycles. The second-order valence-corrected chi connectivity index (χ2v) is 9.22. The van der Waals surface area contributed by atoms with Gasteiger partial charge in [0.25, 0.3) is 0 Å². The van der Waals surface area contributed by atoms with Gasteiger partial charge >= 0.3 is 5.97 Å². The molecule has 0 fully saturated rings. The second-order valence-electron chi connectivity index (χ2n) is 7.97. The smallest absolute Gasteiger partial charge is 0.303 e. The van der Waals surface area contributed by atoms with Gasteiger partial charge in [0.1, 0.15) is 11.5 Å². The number of ketones is 1. The standard InChI is InChI=1S/C25H32O5S/c1-2-7-21-23(13-12-20-22(26)15-17-30-25(20)21)29-16-6-4-3-5-8-18-9-10-19(31-18)11-14-24(27)28/h9-10,12-13H,2-8,11,14-17H2,1H3,(H,27,28). The number of benzene rings is 1. The summed E-state index contributed by atoms with van der Waals surface area (Å²) in [4.78, 5) is 25.3. The highest BCUT2D eigenvalue weighted by Gasteiger charge is 2.23. The summed E-state index contributed by atoms with van der Waals surface area (Å²) in [5, 5.41) is 8.78. The summed E-state index contributed by atoms with van der Waals surface area (Å²) in [6.07, 6.45) is 8.54. The lowest BCUT2D eigenvalue weighted by Crippen LogP contribution is -2.17. The van der Waals surface area contributed by atoms with Gasteiger partial charge < -0.3 is 14.6 Å². The fourth-order valence-corrected chi connectivity index (χ4v) is 4.91. The Morgan fingerprint density at radius 2 is 1.84 bits per heavy atom. The van der Waals surface area contributed by atoms with Gasteiger partial charge in [0.15, 0.2) is 5.78 Å². The minimum Gasteiger partial charge on any atom is -0.493 e. The predicted molar refractivity (Wildman–Crippen MR) is 123 cm³/mol. The zero-order chi connectivity index (χ0) is 22.1. The molecule has 1 aromatic carbocycles. The first-order chi connectivity index (χ1) is 15.1. The molecule has 1 aliphatic rings. The number of thiophene rings is 1. The summed E-state index contributed by atoms with van der Waals surface area (Å²) in [5.74, 6) is 0.998. The number of carboxylic acids is 1. The molecule has 168 valence electrons. The number of aryl methyl sites for hydroxylation is 2. The molecule has 31 heavy (non-hydrogen) atoms. The highest BCUT2D eigenvalue weighted by molar-refractivity contribution is 7.12. The molecule has 5 nitrogen and oxygen atoms in total. The molecule has 0 saturated carbocycles. The Kier molecular flexibility index (Phi) is 8.95. The molecular weight excluding hydrogens is 412 g/mol. The number of hydrogen-bond acceptors (Lipinski definition) is 5. The quantitative estimate of drug-likeness (QED) is 0.392. The molecule has 0 bridgehead atoms. The topological polar surface area (TPSA) is 72.8 Å². The molecule has 0 unspecified atom stereocenters. The monoisotopic (exact) mass is 444 g/mol. The maximum Gasteiger partial charge on any atom is 0.303 e. The molecule has 6 heteroatoms. The fourth-order valence-electron chi connectivity index (χ4n) is 3.85. The van der Waals surface area contributed by atoms with E-state index in [1.165, 1.54) is 4.88 Å². The van der Waals surface area contributed by atoms with Crippen molar-refractivity contribution in [2.75, 3.05) is 13.2 Å². The molecule has 0 amide bonds. The van der Waals surface area contributed by atoms with Gasteiger partial charge in [0.2, 0.25) is 0 Å². The van der Waals surface area contributed by atoms with E-state index in [0.29, 0.717) is 31.6 Å². The highest BCUT2D eigenvalue weighted by Crippen LogP contribution is 2.36. The van der Waals surface area contributed by atoms with Crippen LogP contribution in [-0.4, -0.2) is 30.1 Å². The number of unbranched alkanes of at least 4 members (excludes halogenated alkanes) is 3. The van der Waals surface area contributed by atoms with Gasteiger partial charge in [-0.15, -0.1) is 11.3 Å². The van der Waals surface area contributed by atoms with Crippen LogP contribution in [0.15, 0.2) is 24.3 Å². The van der Waals surface area contributed by atoms with E-state index in [4.69, 9.17) is 14.6 Å². The molecule has 0 aliphatic carbocycles. The van der Waals surface area contributed by atoms with Crippen LogP contribution >= 0.6 is 11.3 Å². The van der Waals surface area contributed by atoms with E-state index < -0.39 is 5.97 Å². The Hall–Kier alpha value is -2.34. The third-order valence-corrected chi connectivity index (χ3v) is 6.68. The SMILES string of the molecule is CCCc1c(OCCCCCCc2ccc(CCC(=O)O)s2)ccc2c1OCCC2=O. The fraction of sp³-hybridized carbons (Fsp3) is 0.520. The second kappa shape index (κ2) is 11.9. The molecule has 1 N–H and O–H groups in total. The third-order valence-electron chi connectivity index (χ3n) is 5.47. The Labute approximate surface area is 188 Å². The van der Waals surface area contributed by atoms with Crippen LogP contribution in [0.5, 0.6) is 11.5 Å². The third kappa shape index (κ3) is 6.82. The Morgan fingerprint density at radius 1 is 1.06 bits per heavy atom. The van der Waals surface area contributed by atoms with E-state index >= 15 is 0 Å². The molecule has 3 rings (SSSR count). The Bertz CT molecular complexity index is 886. The van der Waals surface area contributed by atoms with Crippen molar-refractivity contribution in [3.63, 3.8) is 0 Å². The minimum atomic E-state index is -0.740. The number of rotatable bonds is 13. The first-order valence-corrected chi connectivity index (χ1v) is 12.1. The summed E-state index contributed by atoms with van der Waals surface area (Å²) >= 11 is 1.73. The van der Waals surface area contributed by atoms with Gasteiger partial charge in [0, 0.05) is 21.7 Å². The lowest BCUT2D eigenvalue weighted by atomic mass is 9.98. The summed E-state index contributed by atoms with van der Waals surface area (Å²) in [6.45, 7) is 3.25. The van der Waals surface area contributed by atoms with Gasteiger partial charge in [-0.05, 0) is 56.4 Å². The largest absolute Gasteiger partial charge is 0.493 e. The minimum absolute atomic E-state index is 0.157. The summed E-state index contributed by atoms with van der Waals surface area (Å²) in [7, 11) is 0. The average molecular weight is 445 g/mol. The zero-order valence-electron chi connectivity index (χ0n) is 18.3. The van der Waals surface area contributed by atoms with E-state index in [-0.39, 0.29) is 12.2 Å². The molecule has 1 aromatic heterocycles. The van der Waals surface area contributed by atoms with Crippen molar-refractivity contribution < 1.29 is 24.2 Å². The Morgan fingerprint density at radius 3 is 2.61 bits per heavy atom. The molecule has 0 saturated heterocycles. The zero-order valence-corrected chi connectivity index (χ0v) is 19.1. The van der Waals surface area contributed by atoms with Crippen LogP contribution in [0, 0.1) is 0 Å². The number of carbonyl (C=O) groups is 2. The molecular formula is C25H32O5S. The van der Waals surface area contributed by atoms with E-state index in [1.807, 2.05) is 12.1 Å².